The minimum atomic E-state index is -0.206. The number of anilines is 1. The highest BCUT2D eigenvalue weighted by molar-refractivity contribution is 6.03. The molecule has 0 aliphatic heterocycles. The lowest BCUT2D eigenvalue weighted by Gasteiger charge is -2.07. The van der Waals surface area contributed by atoms with Gasteiger partial charge in [0.15, 0.2) is 5.82 Å². The molecule has 0 aliphatic carbocycles. The molecule has 6 heteroatoms. The third-order valence-electron chi connectivity index (χ3n) is 3.43. The van der Waals surface area contributed by atoms with Crippen molar-refractivity contribution in [3.63, 3.8) is 0 Å². The molecule has 0 saturated heterocycles. The van der Waals surface area contributed by atoms with Crippen LogP contribution in [-0.2, 0) is 0 Å². The highest BCUT2D eigenvalue weighted by atomic mass is 16.1. The molecular weight excluding hydrogens is 290 g/mol. The van der Waals surface area contributed by atoms with Crippen LogP contribution >= 0.6 is 0 Å². The topological polar surface area (TPSA) is 72.7 Å². The SMILES string of the molecule is Cc1ccc(C(=O)Nc2cc(-n3nc(C)cc3C)ncn2)cc1. The summed E-state index contributed by atoms with van der Waals surface area (Å²) in [5.41, 5.74) is 3.57. The Morgan fingerprint density at radius 3 is 2.43 bits per heavy atom. The second-order valence-corrected chi connectivity index (χ2v) is 5.42. The Labute approximate surface area is 134 Å². The van der Waals surface area contributed by atoms with Gasteiger partial charge in [-0.3, -0.25) is 4.79 Å². The summed E-state index contributed by atoms with van der Waals surface area (Å²) in [6.45, 7) is 5.85. The Kier molecular flexibility index (Phi) is 3.89. The third kappa shape index (κ3) is 3.26. The van der Waals surface area contributed by atoms with E-state index in [1.165, 1.54) is 6.33 Å². The van der Waals surface area contributed by atoms with Crippen molar-refractivity contribution in [2.75, 3.05) is 5.32 Å². The average Bonchev–Trinajstić information content (AvgIpc) is 2.87. The van der Waals surface area contributed by atoms with Gasteiger partial charge in [-0.05, 0) is 39.0 Å². The van der Waals surface area contributed by atoms with Gasteiger partial charge in [0.05, 0.1) is 5.69 Å². The first-order valence-corrected chi connectivity index (χ1v) is 7.26. The summed E-state index contributed by atoms with van der Waals surface area (Å²) < 4.78 is 1.72. The molecule has 2 heterocycles. The highest BCUT2D eigenvalue weighted by Crippen LogP contribution is 2.13. The molecule has 1 amide bonds. The molecule has 3 rings (SSSR count). The molecule has 0 saturated carbocycles. The number of carbonyl (C=O) groups excluding carboxylic acids is 1. The molecule has 1 aromatic carbocycles. The minimum absolute atomic E-state index is 0.206. The summed E-state index contributed by atoms with van der Waals surface area (Å²) in [6.07, 6.45) is 1.41. The summed E-state index contributed by atoms with van der Waals surface area (Å²) in [5.74, 6) is 0.848. The van der Waals surface area contributed by atoms with Crippen LogP contribution in [0.4, 0.5) is 5.82 Å². The predicted molar refractivity (Wildman–Crippen MR) is 87.8 cm³/mol. The van der Waals surface area contributed by atoms with Gasteiger partial charge in [-0.25, -0.2) is 14.6 Å². The van der Waals surface area contributed by atoms with Crippen LogP contribution in [0.5, 0.6) is 0 Å². The maximum atomic E-state index is 12.3. The second-order valence-electron chi connectivity index (χ2n) is 5.42. The van der Waals surface area contributed by atoms with Gasteiger partial charge in [0, 0.05) is 17.3 Å². The summed E-state index contributed by atoms with van der Waals surface area (Å²) in [5, 5.41) is 7.17. The number of aromatic nitrogens is 4. The normalized spacial score (nSPS) is 10.6. The molecule has 0 radical (unpaired) electrons. The molecule has 0 bridgehead atoms. The van der Waals surface area contributed by atoms with Gasteiger partial charge in [-0.2, -0.15) is 5.10 Å². The lowest BCUT2D eigenvalue weighted by Crippen LogP contribution is -2.14. The number of amides is 1. The Balaban J connectivity index is 1.84. The minimum Gasteiger partial charge on any atom is -0.306 e. The molecule has 0 fully saturated rings. The first-order valence-electron chi connectivity index (χ1n) is 7.26. The van der Waals surface area contributed by atoms with E-state index in [1.54, 1.807) is 22.9 Å². The van der Waals surface area contributed by atoms with Crippen LogP contribution in [0.15, 0.2) is 42.7 Å². The van der Waals surface area contributed by atoms with E-state index in [0.717, 1.165) is 17.0 Å². The third-order valence-corrected chi connectivity index (χ3v) is 3.43. The van der Waals surface area contributed by atoms with E-state index >= 15 is 0 Å². The smallest absolute Gasteiger partial charge is 0.256 e. The van der Waals surface area contributed by atoms with Crippen molar-refractivity contribution in [3.05, 3.63) is 65.2 Å². The standard InChI is InChI=1S/C17H17N5O/c1-11-4-6-14(7-5-11)17(23)20-15-9-16(19-10-18-15)22-13(3)8-12(2)21-22/h4-10H,1-3H3,(H,18,19,20,23). The molecule has 0 spiro atoms. The number of aryl methyl sites for hydroxylation is 3. The fourth-order valence-corrected chi connectivity index (χ4v) is 2.29. The van der Waals surface area contributed by atoms with Gasteiger partial charge < -0.3 is 5.32 Å². The fourth-order valence-electron chi connectivity index (χ4n) is 2.29. The second kappa shape index (κ2) is 6.00. The Morgan fingerprint density at radius 1 is 1.04 bits per heavy atom. The Bertz CT molecular complexity index is 852. The van der Waals surface area contributed by atoms with Gasteiger partial charge in [0.2, 0.25) is 0 Å². The summed E-state index contributed by atoms with van der Waals surface area (Å²) in [7, 11) is 0. The molecule has 23 heavy (non-hydrogen) atoms. The number of rotatable bonds is 3. The molecular formula is C17H17N5O. The van der Waals surface area contributed by atoms with Crippen LogP contribution in [0.2, 0.25) is 0 Å². The summed E-state index contributed by atoms with van der Waals surface area (Å²) >= 11 is 0. The van der Waals surface area contributed by atoms with Gasteiger partial charge >= 0.3 is 0 Å². The van der Waals surface area contributed by atoms with Gasteiger partial charge in [-0.1, -0.05) is 17.7 Å². The van der Waals surface area contributed by atoms with Crippen LogP contribution in [0.25, 0.3) is 5.82 Å². The summed E-state index contributed by atoms with van der Waals surface area (Å²) in [4.78, 5) is 20.6. The lowest BCUT2D eigenvalue weighted by molar-refractivity contribution is 0.102. The number of nitrogens with one attached hydrogen (secondary N) is 1. The lowest BCUT2D eigenvalue weighted by atomic mass is 10.1. The van der Waals surface area contributed by atoms with Crippen molar-refractivity contribution in [2.45, 2.75) is 20.8 Å². The van der Waals surface area contributed by atoms with Gasteiger partial charge in [0.1, 0.15) is 12.1 Å². The van der Waals surface area contributed by atoms with Gasteiger partial charge in [0.25, 0.3) is 5.91 Å². The molecule has 0 unspecified atom stereocenters. The largest absolute Gasteiger partial charge is 0.306 e. The van der Waals surface area contributed by atoms with Crippen LogP contribution in [0.3, 0.4) is 0 Å². The van der Waals surface area contributed by atoms with E-state index in [-0.39, 0.29) is 5.91 Å². The van der Waals surface area contributed by atoms with E-state index in [2.05, 4.69) is 20.4 Å². The van der Waals surface area contributed by atoms with Crippen molar-refractivity contribution in [3.8, 4) is 5.82 Å². The van der Waals surface area contributed by atoms with Crippen molar-refractivity contribution in [2.24, 2.45) is 0 Å². The zero-order valence-electron chi connectivity index (χ0n) is 13.2. The fraction of sp³-hybridized carbons (Fsp3) is 0.176. The maximum absolute atomic E-state index is 12.3. The number of hydrogen-bond acceptors (Lipinski definition) is 4. The van der Waals surface area contributed by atoms with Crippen LogP contribution in [-0.4, -0.2) is 25.7 Å². The van der Waals surface area contributed by atoms with Crippen molar-refractivity contribution < 1.29 is 4.79 Å². The van der Waals surface area contributed by atoms with Crippen molar-refractivity contribution in [1.29, 1.82) is 0 Å². The average molecular weight is 307 g/mol. The maximum Gasteiger partial charge on any atom is 0.256 e. The van der Waals surface area contributed by atoms with Crippen LogP contribution in [0, 0.1) is 20.8 Å². The molecule has 3 aromatic rings. The first kappa shape index (κ1) is 14.9. The van der Waals surface area contributed by atoms with Crippen LogP contribution < -0.4 is 5.32 Å². The molecule has 0 aliphatic rings. The number of carbonyl (C=O) groups is 1. The van der Waals surface area contributed by atoms with E-state index in [1.807, 2.05) is 39.0 Å². The highest BCUT2D eigenvalue weighted by Gasteiger charge is 2.10. The van der Waals surface area contributed by atoms with E-state index in [9.17, 15) is 4.79 Å². The number of nitrogens with zero attached hydrogens (tertiary/aromatic N) is 4. The molecule has 6 nitrogen and oxygen atoms in total. The van der Waals surface area contributed by atoms with Gasteiger partial charge in [-0.15, -0.1) is 0 Å². The van der Waals surface area contributed by atoms with Crippen molar-refractivity contribution in [1.82, 2.24) is 19.7 Å². The first-order chi connectivity index (χ1) is 11.0. The van der Waals surface area contributed by atoms with Crippen molar-refractivity contribution >= 4 is 11.7 Å². The zero-order valence-corrected chi connectivity index (χ0v) is 13.2. The quantitative estimate of drug-likeness (QED) is 0.807. The Hall–Kier alpha value is -3.02. The van der Waals surface area contributed by atoms with E-state index < -0.39 is 0 Å². The zero-order chi connectivity index (χ0) is 16.4. The number of benzene rings is 1. The number of hydrogen-bond donors (Lipinski definition) is 1. The van der Waals surface area contributed by atoms with E-state index in [0.29, 0.717) is 17.2 Å². The molecule has 2 aromatic heterocycles. The van der Waals surface area contributed by atoms with E-state index in [4.69, 9.17) is 0 Å². The summed E-state index contributed by atoms with van der Waals surface area (Å²) in [6, 6.07) is 11.0. The predicted octanol–water partition coefficient (Wildman–Crippen LogP) is 2.84. The Morgan fingerprint density at radius 2 is 1.78 bits per heavy atom. The molecule has 1 N–H and O–H groups in total. The monoisotopic (exact) mass is 307 g/mol. The molecule has 0 atom stereocenters. The van der Waals surface area contributed by atoms with Crippen LogP contribution in [0.1, 0.15) is 27.3 Å². The molecule has 116 valence electrons.